The highest BCUT2D eigenvalue weighted by atomic mass is 127. The van der Waals surface area contributed by atoms with Crippen molar-refractivity contribution in [1.29, 1.82) is 0 Å². The first-order valence-corrected chi connectivity index (χ1v) is 7.41. The smallest absolute Gasteiger partial charge is 0.140 e. The predicted octanol–water partition coefficient (Wildman–Crippen LogP) is 4.28. The lowest BCUT2D eigenvalue weighted by atomic mass is 10.0. The average molecular weight is 367 g/mol. The van der Waals surface area contributed by atoms with Crippen molar-refractivity contribution < 1.29 is 4.74 Å². The molecule has 0 fully saturated rings. The molecular weight excluding hydrogens is 349 g/mol. The summed E-state index contributed by atoms with van der Waals surface area (Å²) in [6.45, 7) is 4.10. The number of hydrogen-bond acceptors (Lipinski definition) is 2. The molecule has 19 heavy (non-hydrogen) atoms. The number of benzene rings is 2. The Morgan fingerprint density at radius 1 is 1.16 bits per heavy atom. The van der Waals surface area contributed by atoms with E-state index in [-0.39, 0.29) is 6.04 Å². The lowest BCUT2D eigenvalue weighted by molar-refractivity contribution is 0.470. The van der Waals surface area contributed by atoms with Crippen molar-refractivity contribution in [2.75, 3.05) is 0 Å². The summed E-state index contributed by atoms with van der Waals surface area (Å²) in [7, 11) is 0. The summed E-state index contributed by atoms with van der Waals surface area (Å²) >= 11 is 2.28. The van der Waals surface area contributed by atoms with Crippen molar-refractivity contribution in [1.82, 2.24) is 0 Å². The van der Waals surface area contributed by atoms with E-state index >= 15 is 0 Å². The van der Waals surface area contributed by atoms with E-state index in [0.29, 0.717) is 0 Å². The Hall–Kier alpha value is -1.07. The summed E-state index contributed by atoms with van der Waals surface area (Å²) in [4.78, 5) is 0. The lowest BCUT2D eigenvalue weighted by Gasteiger charge is -2.14. The van der Waals surface area contributed by atoms with Crippen molar-refractivity contribution >= 4 is 22.6 Å². The first-order valence-electron chi connectivity index (χ1n) is 6.34. The van der Waals surface area contributed by atoms with E-state index in [4.69, 9.17) is 10.5 Å². The summed E-state index contributed by atoms with van der Waals surface area (Å²) < 4.78 is 7.14. The van der Waals surface area contributed by atoms with Gasteiger partial charge in [0.25, 0.3) is 0 Å². The molecule has 2 N–H and O–H groups in total. The van der Waals surface area contributed by atoms with Crippen LogP contribution in [0.3, 0.4) is 0 Å². The van der Waals surface area contributed by atoms with E-state index in [1.807, 2.05) is 37.3 Å². The molecule has 0 heterocycles. The molecule has 0 aliphatic rings. The van der Waals surface area contributed by atoms with Gasteiger partial charge in [-0.05, 0) is 66.6 Å². The van der Waals surface area contributed by atoms with E-state index in [1.54, 1.807) is 0 Å². The summed E-state index contributed by atoms with van der Waals surface area (Å²) in [6, 6.07) is 14.4. The van der Waals surface area contributed by atoms with Crippen molar-refractivity contribution in [3.63, 3.8) is 0 Å². The molecule has 0 bridgehead atoms. The lowest BCUT2D eigenvalue weighted by Crippen LogP contribution is -2.18. The molecule has 2 rings (SSSR count). The second kappa shape index (κ2) is 6.39. The van der Waals surface area contributed by atoms with Crippen LogP contribution in [0.1, 0.15) is 18.1 Å². The number of hydrogen-bond donors (Lipinski definition) is 1. The third kappa shape index (κ3) is 3.94. The standard InChI is InChI=1S/C16H18INO/c1-11-7-8-15(13(9-11)10-12(2)18)19-16-6-4-3-5-14(16)17/h3-9,12H,10,18H2,1-2H3. The third-order valence-corrected chi connectivity index (χ3v) is 3.71. The monoisotopic (exact) mass is 367 g/mol. The van der Waals surface area contributed by atoms with Crippen LogP contribution >= 0.6 is 22.6 Å². The molecule has 0 spiro atoms. The maximum Gasteiger partial charge on any atom is 0.140 e. The van der Waals surface area contributed by atoms with Crippen LogP contribution in [0.25, 0.3) is 0 Å². The normalized spacial score (nSPS) is 12.2. The molecule has 3 heteroatoms. The van der Waals surface area contributed by atoms with Crippen LogP contribution in [0, 0.1) is 10.5 Å². The van der Waals surface area contributed by atoms with Gasteiger partial charge in [-0.3, -0.25) is 0 Å². The second-order valence-corrected chi connectivity index (χ2v) is 5.99. The number of nitrogens with two attached hydrogens (primary N) is 1. The Kier molecular flexibility index (Phi) is 4.82. The first kappa shape index (κ1) is 14.3. The Morgan fingerprint density at radius 3 is 2.58 bits per heavy atom. The van der Waals surface area contributed by atoms with Crippen LogP contribution in [0.4, 0.5) is 0 Å². The summed E-state index contributed by atoms with van der Waals surface area (Å²) in [6.07, 6.45) is 0.820. The molecule has 2 aromatic carbocycles. The van der Waals surface area contributed by atoms with Gasteiger partial charge in [0.05, 0.1) is 3.57 Å². The van der Waals surface area contributed by atoms with Gasteiger partial charge >= 0.3 is 0 Å². The molecule has 1 atom stereocenters. The molecule has 1 unspecified atom stereocenters. The minimum atomic E-state index is 0.124. The van der Waals surface area contributed by atoms with Gasteiger partial charge in [0, 0.05) is 6.04 Å². The zero-order chi connectivity index (χ0) is 13.8. The van der Waals surface area contributed by atoms with E-state index < -0.39 is 0 Å². The molecule has 0 saturated heterocycles. The largest absolute Gasteiger partial charge is 0.456 e. The van der Waals surface area contributed by atoms with Gasteiger partial charge in [0.2, 0.25) is 0 Å². The van der Waals surface area contributed by atoms with Gasteiger partial charge in [-0.2, -0.15) is 0 Å². The molecular formula is C16H18INO. The summed E-state index contributed by atoms with van der Waals surface area (Å²) in [5.74, 6) is 1.78. The Morgan fingerprint density at radius 2 is 1.89 bits per heavy atom. The predicted molar refractivity (Wildman–Crippen MR) is 87.8 cm³/mol. The maximum absolute atomic E-state index is 6.03. The highest BCUT2D eigenvalue weighted by Crippen LogP contribution is 2.30. The highest BCUT2D eigenvalue weighted by molar-refractivity contribution is 14.1. The molecule has 2 aromatic rings. The van der Waals surface area contributed by atoms with E-state index in [0.717, 1.165) is 27.1 Å². The molecule has 0 aliphatic heterocycles. The van der Waals surface area contributed by atoms with Gasteiger partial charge in [-0.25, -0.2) is 0 Å². The molecule has 0 aliphatic carbocycles. The quantitative estimate of drug-likeness (QED) is 0.819. The minimum absolute atomic E-state index is 0.124. The average Bonchev–Trinajstić information content (AvgIpc) is 2.34. The van der Waals surface area contributed by atoms with Gasteiger partial charge in [0.1, 0.15) is 11.5 Å². The summed E-state index contributed by atoms with van der Waals surface area (Å²) in [5.41, 5.74) is 8.30. The number of rotatable bonds is 4. The number of ether oxygens (including phenoxy) is 1. The molecule has 0 aromatic heterocycles. The van der Waals surface area contributed by atoms with Crippen LogP contribution in [0.2, 0.25) is 0 Å². The molecule has 100 valence electrons. The van der Waals surface area contributed by atoms with Crippen LogP contribution in [0.5, 0.6) is 11.5 Å². The van der Waals surface area contributed by atoms with Crippen molar-refractivity contribution in [3.05, 3.63) is 57.2 Å². The fraction of sp³-hybridized carbons (Fsp3) is 0.250. The van der Waals surface area contributed by atoms with E-state index in [2.05, 4.69) is 41.6 Å². The van der Waals surface area contributed by atoms with Crippen molar-refractivity contribution in [2.45, 2.75) is 26.3 Å². The number of para-hydroxylation sites is 1. The van der Waals surface area contributed by atoms with Crippen LogP contribution in [-0.2, 0) is 6.42 Å². The van der Waals surface area contributed by atoms with Crippen molar-refractivity contribution in [2.24, 2.45) is 5.73 Å². The SMILES string of the molecule is Cc1ccc(Oc2ccccc2I)c(CC(C)N)c1. The topological polar surface area (TPSA) is 35.2 Å². The zero-order valence-electron chi connectivity index (χ0n) is 11.2. The van der Waals surface area contributed by atoms with Crippen LogP contribution < -0.4 is 10.5 Å². The van der Waals surface area contributed by atoms with Crippen molar-refractivity contribution in [3.8, 4) is 11.5 Å². The zero-order valence-corrected chi connectivity index (χ0v) is 13.3. The Bertz CT molecular complexity index is 566. The Labute approximate surface area is 128 Å². The molecule has 0 saturated carbocycles. The maximum atomic E-state index is 6.03. The fourth-order valence-corrected chi connectivity index (χ4v) is 2.46. The third-order valence-electron chi connectivity index (χ3n) is 2.81. The molecule has 0 amide bonds. The first-order chi connectivity index (χ1) is 9.06. The van der Waals surface area contributed by atoms with E-state index in [9.17, 15) is 0 Å². The van der Waals surface area contributed by atoms with Gasteiger partial charge in [-0.15, -0.1) is 0 Å². The minimum Gasteiger partial charge on any atom is -0.456 e. The number of aryl methyl sites for hydroxylation is 1. The molecule has 2 nitrogen and oxygen atoms in total. The van der Waals surface area contributed by atoms with Crippen LogP contribution in [-0.4, -0.2) is 6.04 Å². The number of halogens is 1. The fourth-order valence-electron chi connectivity index (χ4n) is 1.96. The van der Waals surface area contributed by atoms with Gasteiger partial charge in [0.15, 0.2) is 0 Å². The van der Waals surface area contributed by atoms with Gasteiger partial charge in [-0.1, -0.05) is 29.8 Å². The van der Waals surface area contributed by atoms with E-state index in [1.165, 1.54) is 5.56 Å². The van der Waals surface area contributed by atoms with Crippen LogP contribution in [0.15, 0.2) is 42.5 Å². The second-order valence-electron chi connectivity index (χ2n) is 4.83. The van der Waals surface area contributed by atoms with Gasteiger partial charge < -0.3 is 10.5 Å². The summed E-state index contributed by atoms with van der Waals surface area (Å²) in [5, 5.41) is 0. The Balaban J connectivity index is 2.32. The molecule has 0 radical (unpaired) electrons. The highest BCUT2D eigenvalue weighted by Gasteiger charge is 2.09.